The number of aliphatic hydroxyl groups is 1. The molecule has 9 nitrogen and oxygen atoms in total. The molecule has 3 N–H and O–H groups in total. The number of ketones is 1. The van der Waals surface area contributed by atoms with Crippen LogP contribution in [-0.2, 0) is 23.9 Å². The van der Waals surface area contributed by atoms with Crippen LogP contribution in [0.3, 0.4) is 0 Å². The van der Waals surface area contributed by atoms with Crippen LogP contribution in [0.2, 0.25) is 0 Å². The van der Waals surface area contributed by atoms with Gasteiger partial charge < -0.3 is 25.4 Å². The third-order valence-corrected chi connectivity index (χ3v) is 5.29. The zero-order valence-corrected chi connectivity index (χ0v) is 19.3. The fourth-order valence-electron chi connectivity index (χ4n) is 3.46. The van der Waals surface area contributed by atoms with Crippen molar-refractivity contribution in [2.45, 2.75) is 84.5 Å². The number of ether oxygens (including phenoxy) is 1. The summed E-state index contributed by atoms with van der Waals surface area (Å²) in [7, 11) is 0. The minimum atomic E-state index is -0.575. The maximum Gasteiger partial charge on any atom is 0.223 e. The van der Waals surface area contributed by atoms with Crippen LogP contribution in [0.4, 0.5) is 0 Å². The molecule has 1 aliphatic rings. The number of aliphatic hydroxyl groups excluding tert-OH is 1. The number of hydrogen-bond donors (Lipinski definition) is 3. The highest BCUT2D eigenvalue weighted by Gasteiger charge is 2.34. The van der Waals surface area contributed by atoms with Crippen LogP contribution in [0.1, 0.15) is 66.2 Å². The summed E-state index contributed by atoms with van der Waals surface area (Å²) in [4.78, 5) is 49.8. The van der Waals surface area contributed by atoms with Crippen LogP contribution in [0.25, 0.3) is 0 Å². The van der Waals surface area contributed by atoms with E-state index in [4.69, 9.17) is 4.74 Å². The molecule has 31 heavy (non-hydrogen) atoms. The van der Waals surface area contributed by atoms with E-state index in [2.05, 4.69) is 10.6 Å². The van der Waals surface area contributed by atoms with Gasteiger partial charge in [-0.15, -0.1) is 0 Å². The van der Waals surface area contributed by atoms with Gasteiger partial charge in [0.25, 0.3) is 0 Å². The number of hydrogen-bond acceptors (Lipinski definition) is 6. The monoisotopic (exact) mass is 441 g/mol. The first-order valence-corrected chi connectivity index (χ1v) is 11.3. The summed E-state index contributed by atoms with van der Waals surface area (Å²) in [6.07, 6.45) is 0.956. The molecule has 0 unspecified atom stereocenters. The Morgan fingerprint density at radius 2 is 1.61 bits per heavy atom. The Labute approximate surface area is 185 Å². The smallest absolute Gasteiger partial charge is 0.223 e. The molecule has 0 aromatic rings. The number of carbonyl (C=O) groups excluding carboxylic acids is 4. The molecule has 9 heteroatoms. The number of carbonyl (C=O) groups is 4. The Morgan fingerprint density at radius 3 is 2.13 bits per heavy atom. The van der Waals surface area contributed by atoms with E-state index in [-0.39, 0.29) is 67.4 Å². The quantitative estimate of drug-likeness (QED) is 0.366. The molecule has 1 saturated heterocycles. The third-order valence-electron chi connectivity index (χ3n) is 5.29. The molecule has 0 aromatic carbocycles. The Kier molecular flexibility index (Phi) is 12.3. The van der Waals surface area contributed by atoms with Crippen molar-refractivity contribution in [2.75, 3.05) is 26.2 Å². The fraction of sp³-hybridized carbons (Fsp3) is 0.818. The Morgan fingerprint density at radius 1 is 1.03 bits per heavy atom. The van der Waals surface area contributed by atoms with E-state index in [1.165, 1.54) is 0 Å². The Hall–Kier alpha value is -2.00. The molecular formula is C22H39N3O6. The number of β-amino-alcohol motifs (C(OH)–C–C–N with tert-alkyl or cyclic N) is 1. The summed E-state index contributed by atoms with van der Waals surface area (Å²) in [5, 5.41) is 15.5. The van der Waals surface area contributed by atoms with Crippen molar-refractivity contribution < 1.29 is 29.0 Å². The molecule has 0 aromatic heterocycles. The predicted molar refractivity (Wildman–Crippen MR) is 116 cm³/mol. The van der Waals surface area contributed by atoms with Crippen molar-refractivity contribution in [2.24, 2.45) is 5.92 Å². The summed E-state index contributed by atoms with van der Waals surface area (Å²) in [6.45, 7) is 8.53. The summed E-state index contributed by atoms with van der Waals surface area (Å²) in [6, 6.07) is -0.179. The van der Waals surface area contributed by atoms with Crippen molar-refractivity contribution in [3.8, 4) is 0 Å². The van der Waals surface area contributed by atoms with Crippen LogP contribution in [-0.4, -0.2) is 78.0 Å². The first-order valence-electron chi connectivity index (χ1n) is 11.3. The number of nitrogens with zero attached hydrogens (tertiary/aromatic N) is 1. The standard InChI is InChI=1S/C22H39N3O6/c1-5-20(28)23-11-16(12-24-21(29)6-2)9-18(26)7-8-22(30)25-13-19(27)10-17(25)14-31-15(3)4/h15-17,19,27H,5-14H2,1-4H3,(H,23,28)(H,24,29)/t17-,19+/m0/s1. The van der Waals surface area contributed by atoms with Gasteiger partial charge in [-0.25, -0.2) is 0 Å². The molecule has 0 radical (unpaired) electrons. The van der Waals surface area contributed by atoms with Gasteiger partial charge in [-0.3, -0.25) is 19.2 Å². The van der Waals surface area contributed by atoms with Crippen LogP contribution in [0.5, 0.6) is 0 Å². The lowest BCUT2D eigenvalue weighted by atomic mass is 9.99. The average Bonchev–Trinajstić information content (AvgIpc) is 3.12. The van der Waals surface area contributed by atoms with E-state index in [0.717, 1.165) is 0 Å². The van der Waals surface area contributed by atoms with E-state index >= 15 is 0 Å². The molecule has 0 saturated carbocycles. The maximum absolute atomic E-state index is 12.6. The van der Waals surface area contributed by atoms with E-state index in [9.17, 15) is 24.3 Å². The molecule has 2 atom stereocenters. The second-order valence-corrected chi connectivity index (χ2v) is 8.40. The van der Waals surface area contributed by atoms with Gasteiger partial charge in [-0.05, 0) is 20.3 Å². The summed E-state index contributed by atoms with van der Waals surface area (Å²) >= 11 is 0. The SMILES string of the molecule is CCC(=O)NCC(CNC(=O)CC)CC(=O)CCC(=O)N1C[C@H](O)C[C@H]1COC(C)C. The van der Waals surface area contributed by atoms with E-state index in [1.807, 2.05) is 13.8 Å². The van der Waals surface area contributed by atoms with Crippen LogP contribution in [0.15, 0.2) is 0 Å². The molecule has 0 bridgehead atoms. The molecule has 3 amide bonds. The van der Waals surface area contributed by atoms with Crippen molar-refractivity contribution in [3.63, 3.8) is 0 Å². The number of nitrogens with one attached hydrogen (secondary N) is 2. The van der Waals surface area contributed by atoms with Gasteiger partial charge >= 0.3 is 0 Å². The minimum absolute atomic E-state index is 0.0367. The van der Waals surface area contributed by atoms with E-state index < -0.39 is 6.10 Å². The molecule has 0 spiro atoms. The second kappa shape index (κ2) is 14.1. The van der Waals surface area contributed by atoms with Gasteiger partial charge in [0.05, 0.1) is 24.9 Å². The highest BCUT2D eigenvalue weighted by molar-refractivity contribution is 5.85. The zero-order chi connectivity index (χ0) is 23.4. The van der Waals surface area contributed by atoms with Crippen LogP contribution < -0.4 is 10.6 Å². The minimum Gasteiger partial charge on any atom is -0.391 e. The Bertz CT molecular complexity index is 590. The van der Waals surface area contributed by atoms with Crippen LogP contribution in [0, 0.1) is 5.92 Å². The van der Waals surface area contributed by atoms with Gasteiger partial charge in [0, 0.05) is 57.7 Å². The van der Waals surface area contributed by atoms with E-state index in [0.29, 0.717) is 39.0 Å². The number of likely N-dealkylation sites (tertiary alicyclic amines) is 1. The summed E-state index contributed by atoms with van der Waals surface area (Å²) in [5.41, 5.74) is 0. The van der Waals surface area contributed by atoms with Crippen molar-refractivity contribution >= 4 is 23.5 Å². The zero-order valence-electron chi connectivity index (χ0n) is 19.3. The van der Waals surface area contributed by atoms with Crippen LogP contribution >= 0.6 is 0 Å². The first-order chi connectivity index (χ1) is 14.7. The van der Waals surface area contributed by atoms with Gasteiger partial charge in [-0.1, -0.05) is 13.8 Å². The molecular weight excluding hydrogens is 402 g/mol. The number of Topliss-reactive ketones (excluding diaryl/α,β-unsaturated/α-hetero) is 1. The van der Waals surface area contributed by atoms with Crippen molar-refractivity contribution in [1.82, 2.24) is 15.5 Å². The van der Waals surface area contributed by atoms with Gasteiger partial charge in [-0.2, -0.15) is 0 Å². The number of amides is 3. The lowest BCUT2D eigenvalue weighted by Crippen LogP contribution is -2.39. The largest absolute Gasteiger partial charge is 0.391 e. The van der Waals surface area contributed by atoms with Gasteiger partial charge in [0.15, 0.2) is 0 Å². The topological polar surface area (TPSA) is 125 Å². The maximum atomic E-state index is 12.6. The molecule has 178 valence electrons. The Balaban J connectivity index is 2.54. The predicted octanol–water partition coefficient (Wildman–Crippen LogP) is 0.781. The van der Waals surface area contributed by atoms with Gasteiger partial charge in [0.2, 0.25) is 17.7 Å². The summed E-state index contributed by atoms with van der Waals surface area (Å²) in [5.74, 6) is -0.718. The first kappa shape index (κ1) is 27.0. The molecule has 1 fully saturated rings. The number of rotatable bonds is 14. The van der Waals surface area contributed by atoms with Crippen molar-refractivity contribution in [1.29, 1.82) is 0 Å². The molecule has 1 heterocycles. The van der Waals surface area contributed by atoms with Gasteiger partial charge in [0.1, 0.15) is 5.78 Å². The lowest BCUT2D eigenvalue weighted by molar-refractivity contribution is -0.135. The third kappa shape index (κ3) is 10.7. The van der Waals surface area contributed by atoms with Crippen molar-refractivity contribution in [3.05, 3.63) is 0 Å². The highest BCUT2D eigenvalue weighted by atomic mass is 16.5. The summed E-state index contributed by atoms with van der Waals surface area (Å²) < 4.78 is 5.60. The fourth-order valence-corrected chi connectivity index (χ4v) is 3.46. The molecule has 1 aliphatic heterocycles. The average molecular weight is 442 g/mol. The second-order valence-electron chi connectivity index (χ2n) is 8.40. The molecule has 0 aliphatic carbocycles. The normalized spacial score (nSPS) is 18.5. The lowest BCUT2D eigenvalue weighted by Gasteiger charge is -2.25. The highest BCUT2D eigenvalue weighted by Crippen LogP contribution is 2.20. The molecule has 1 rings (SSSR count). The van der Waals surface area contributed by atoms with E-state index in [1.54, 1.807) is 18.7 Å².